The van der Waals surface area contributed by atoms with Crippen LogP contribution >= 0.6 is 0 Å². The van der Waals surface area contributed by atoms with Gasteiger partial charge in [0.2, 0.25) is 0 Å². The van der Waals surface area contributed by atoms with Crippen LogP contribution in [0.1, 0.15) is 182 Å². The minimum atomic E-state index is -0.581. The second-order valence-corrected chi connectivity index (χ2v) is 31.3. The van der Waals surface area contributed by atoms with Crippen molar-refractivity contribution in [1.82, 2.24) is 0 Å². The Kier molecular flexibility index (Phi) is 49.0. The summed E-state index contributed by atoms with van der Waals surface area (Å²) in [5.74, 6) is 9.35. The van der Waals surface area contributed by atoms with Gasteiger partial charge < -0.3 is 75.8 Å². The fraction of sp³-hybridized carbons (Fsp3) is 0.405. The lowest BCUT2D eigenvalue weighted by Gasteiger charge is -2.32. The summed E-state index contributed by atoms with van der Waals surface area (Å²) in [6.07, 6.45) is 6.95. The molecule has 0 spiro atoms. The molecule has 127 heavy (non-hydrogen) atoms. The molecular weight excluding hydrogens is 1590 g/mol. The predicted octanol–water partition coefficient (Wildman–Crippen LogP) is 26.5. The summed E-state index contributed by atoms with van der Waals surface area (Å²) in [5, 5.41) is 0. The van der Waals surface area contributed by atoms with E-state index in [-0.39, 0.29) is 10.8 Å². The molecule has 0 amide bonds. The molecule has 11 aromatic carbocycles. The Morgan fingerprint density at radius 1 is 0.228 bits per heavy atom. The van der Waals surface area contributed by atoms with Gasteiger partial charge in [0, 0.05) is 94.3 Å². The molecule has 688 valence electrons. The number of ether oxygens (including phenoxy) is 16. The van der Waals surface area contributed by atoms with Crippen molar-refractivity contribution in [2.24, 2.45) is 5.41 Å². The van der Waals surface area contributed by atoms with Gasteiger partial charge in [-0.25, -0.2) is 0 Å². The zero-order valence-electron chi connectivity index (χ0n) is 81.1. The Morgan fingerprint density at radius 3 is 0.772 bits per heavy atom. The average molecular weight is 1740 g/mol. The molecule has 0 heterocycles. The first-order valence-corrected chi connectivity index (χ1v) is 44.8. The molecule has 0 radical (unpaired) electrons. The SMILES string of the molecule is CCOc1cc(COc2ccc(C(C)(c3ccc(Oc4cc(OCC)cc(OCC)c4)cc3)c3ccc(Oc4cc(OCC)cc(OCC)c4)cc3)cc2)cc(OC)c1.CCc1cc(CC)c(CC)cc1CC.CCc1ccc(CC)cc1.COCC(C)(COC)COC.COCCOC.COc1ccc(C(C)(C)c2ccc(OC)cc2)cc1.Cc1ccc(C)cc1. The smallest absolute Gasteiger partial charge is 0.134 e. The standard InChI is InChI=1S/C50H54O9.C17H20O2.C14H22.C10H14.C8H18O3.C8H10.C4H10O2/c1-8-52-43-26-35(25-42(27-43)51-7)34-57-39-19-13-36(14-20-39)50(6,37-15-21-40(22-16-37)58-48-30-44(53-9-2)28-45(31-48)54-10-3)38-17-23-41(24-18-38)59-49-32-46(55-11-4)29-47(33-49)56-12-5;1-17(2,13-5-9-15(18-3)10-6-13)14-7-11-16(19-4)12-8-14;1-5-11-9-13(7-3)14(8-4)10-12(11)6-2;1-3-9-5-7-10(4-2)8-6-9;1-8(5-9-2,6-10-3)7-11-4;1-7-3-5-8(2)6-4-7;1-5-3-4-6-2/h13-33H,8-12,34H2,1-7H3;5-12H,1-4H3;9-10H,5-8H2,1-4H3;5-8H,3-4H2,1-2H3;5-7H2,1-4H3;3-6H,1-2H3;3-4H2,1-2H3. The summed E-state index contributed by atoms with van der Waals surface area (Å²) < 4.78 is 88.1. The average Bonchev–Trinajstić information content (AvgIpc) is 0.761. The van der Waals surface area contributed by atoms with Crippen molar-refractivity contribution in [2.45, 2.75) is 174 Å². The van der Waals surface area contributed by atoms with Crippen LogP contribution in [-0.4, -0.2) is 123 Å². The molecule has 0 bridgehead atoms. The van der Waals surface area contributed by atoms with Crippen LogP contribution in [0, 0.1) is 19.3 Å². The molecule has 16 nitrogen and oxygen atoms in total. The van der Waals surface area contributed by atoms with Gasteiger partial charge in [-0.2, -0.15) is 0 Å². The minimum Gasteiger partial charge on any atom is -0.497 e. The summed E-state index contributed by atoms with van der Waals surface area (Å²) in [7, 11) is 13.4. The Bertz CT molecular complexity index is 4470. The van der Waals surface area contributed by atoms with Gasteiger partial charge in [-0.15, -0.1) is 0 Å². The fourth-order valence-electron chi connectivity index (χ4n) is 14.1. The van der Waals surface area contributed by atoms with E-state index < -0.39 is 5.41 Å². The van der Waals surface area contributed by atoms with Gasteiger partial charge in [0.15, 0.2) is 0 Å². The fourth-order valence-corrected chi connectivity index (χ4v) is 14.1. The largest absolute Gasteiger partial charge is 0.497 e. The van der Waals surface area contributed by atoms with Crippen LogP contribution in [0.3, 0.4) is 0 Å². The molecule has 0 saturated carbocycles. The first-order chi connectivity index (χ1) is 61.3. The Morgan fingerprint density at radius 2 is 0.496 bits per heavy atom. The molecule has 0 aliphatic rings. The summed E-state index contributed by atoms with van der Waals surface area (Å²) in [4.78, 5) is 0. The summed E-state index contributed by atoms with van der Waals surface area (Å²) in [6, 6.07) is 80.2. The predicted molar refractivity (Wildman–Crippen MR) is 522 cm³/mol. The summed E-state index contributed by atoms with van der Waals surface area (Å²) in [6.45, 7) is 42.5. The zero-order chi connectivity index (χ0) is 93.0. The van der Waals surface area contributed by atoms with Gasteiger partial charge in [-0.1, -0.05) is 195 Å². The monoisotopic (exact) mass is 1740 g/mol. The molecule has 0 unspecified atom stereocenters. The lowest BCUT2D eigenvalue weighted by molar-refractivity contribution is -0.0266. The van der Waals surface area contributed by atoms with Gasteiger partial charge in [-0.3, -0.25) is 0 Å². The number of hydrogen-bond acceptors (Lipinski definition) is 16. The van der Waals surface area contributed by atoms with Crippen molar-refractivity contribution in [2.75, 3.05) is 123 Å². The molecule has 11 aromatic rings. The topological polar surface area (TPSA) is 148 Å². The molecule has 0 aromatic heterocycles. The Hall–Kier alpha value is -11.0. The van der Waals surface area contributed by atoms with Crippen molar-refractivity contribution in [3.63, 3.8) is 0 Å². The minimum absolute atomic E-state index is 0.0156. The molecule has 0 atom stereocenters. The van der Waals surface area contributed by atoms with Gasteiger partial charge in [0.25, 0.3) is 0 Å². The van der Waals surface area contributed by atoms with Gasteiger partial charge >= 0.3 is 0 Å². The van der Waals surface area contributed by atoms with Crippen molar-refractivity contribution in [3.8, 4) is 74.7 Å². The molecule has 0 aliphatic carbocycles. The van der Waals surface area contributed by atoms with Crippen LogP contribution in [0.2, 0.25) is 0 Å². The highest BCUT2D eigenvalue weighted by atomic mass is 16.5. The quantitative estimate of drug-likeness (QED) is 0.0265. The normalized spacial score (nSPS) is 10.8. The van der Waals surface area contributed by atoms with Crippen LogP contribution in [0.15, 0.2) is 237 Å². The number of methoxy groups -OCH3 is 8. The van der Waals surface area contributed by atoms with E-state index in [0.29, 0.717) is 119 Å². The van der Waals surface area contributed by atoms with E-state index in [1.165, 1.54) is 59.1 Å². The summed E-state index contributed by atoms with van der Waals surface area (Å²) in [5.41, 5.74) is 17.7. The van der Waals surface area contributed by atoms with Crippen molar-refractivity contribution >= 4 is 0 Å². The third kappa shape index (κ3) is 36.0. The van der Waals surface area contributed by atoms with Crippen molar-refractivity contribution in [1.29, 1.82) is 0 Å². The maximum absolute atomic E-state index is 6.34. The third-order valence-electron chi connectivity index (χ3n) is 21.3. The molecule has 0 aliphatic heterocycles. The van der Waals surface area contributed by atoms with Crippen molar-refractivity contribution in [3.05, 3.63) is 314 Å². The second-order valence-electron chi connectivity index (χ2n) is 31.3. The van der Waals surface area contributed by atoms with Crippen LogP contribution in [0.4, 0.5) is 0 Å². The molecular formula is C111H148O16. The van der Waals surface area contributed by atoms with E-state index in [9.17, 15) is 0 Å². The highest BCUT2D eigenvalue weighted by Crippen LogP contribution is 2.43. The van der Waals surface area contributed by atoms with E-state index >= 15 is 0 Å². The number of benzene rings is 11. The molecule has 11 rings (SSSR count). The number of rotatable bonds is 40. The molecule has 16 heteroatoms. The molecule has 0 N–H and O–H groups in total. The van der Waals surface area contributed by atoms with Gasteiger partial charge in [-0.05, 0) is 233 Å². The van der Waals surface area contributed by atoms with Crippen LogP contribution in [-0.2, 0) is 79.6 Å². The van der Waals surface area contributed by atoms with E-state index in [1.54, 1.807) is 79.1 Å². The van der Waals surface area contributed by atoms with E-state index in [0.717, 1.165) is 63.8 Å². The first kappa shape index (κ1) is 107. The highest BCUT2D eigenvalue weighted by Gasteiger charge is 2.32. The van der Waals surface area contributed by atoms with Crippen molar-refractivity contribution < 1.29 is 75.8 Å². The number of aryl methyl sites for hydroxylation is 8. The van der Waals surface area contributed by atoms with Crippen LogP contribution in [0.25, 0.3) is 0 Å². The second kappa shape index (κ2) is 58.4. The molecule has 0 saturated heterocycles. The Labute approximate surface area is 762 Å². The first-order valence-electron chi connectivity index (χ1n) is 44.8. The van der Waals surface area contributed by atoms with Crippen LogP contribution < -0.4 is 52.1 Å². The lowest BCUT2D eigenvalue weighted by Crippen LogP contribution is -2.32. The number of hydrogen-bond donors (Lipinski definition) is 0. The van der Waals surface area contributed by atoms with Gasteiger partial charge in [0.1, 0.15) is 81.4 Å². The zero-order valence-corrected chi connectivity index (χ0v) is 81.1. The molecule has 0 fully saturated rings. The third-order valence-corrected chi connectivity index (χ3v) is 21.3. The van der Waals surface area contributed by atoms with Crippen LogP contribution in [0.5, 0.6) is 74.7 Å². The van der Waals surface area contributed by atoms with Gasteiger partial charge in [0.05, 0.1) is 87.4 Å². The van der Waals surface area contributed by atoms with E-state index in [2.05, 4.69) is 214 Å². The maximum Gasteiger partial charge on any atom is 0.134 e. The lowest BCUT2D eigenvalue weighted by atomic mass is 9.71. The van der Waals surface area contributed by atoms with E-state index in [4.69, 9.17) is 66.3 Å². The Balaban J connectivity index is 0.000000334. The van der Waals surface area contributed by atoms with E-state index in [1.807, 2.05) is 150 Å². The summed E-state index contributed by atoms with van der Waals surface area (Å²) >= 11 is 0. The highest BCUT2D eigenvalue weighted by molar-refractivity contribution is 5.54. The maximum atomic E-state index is 6.34.